The standard InChI is InChI=1S/C14H16BrClO4/c1-4-5-14(2,3)20-13(19)9-6-10(15)11(16)7-8(9)12(17)18/h6-7H,4-5H2,1-3H3,(H,17,18). The Morgan fingerprint density at radius 2 is 1.95 bits per heavy atom. The van der Waals surface area contributed by atoms with E-state index in [4.69, 9.17) is 21.4 Å². The Balaban J connectivity index is 3.15. The molecule has 0 aliphatic rings. The molecule has 0 saturated heterocycles. The van der Waals surface area contributed by atoms with Crippen LogP contribution in [0.1, 0.15) is 54.3 Å². The molecule has 0 aliphatic heterocycles. The van der Waals surface area contributed by atoms with E-state index in [0.29, 0.717) is 10.9 Å². The number of carbonyl (C=O) groups excluding carboxylic acids is 1. The fourth-order valence-corrected chi connectivity index (χ4v) is 2.36. The molecule has 1 aromatic carbocycles. The summed E-state index contributed by atoms with van der Waals surface area (Å²) >= 11 is 9.03. The zero-order valence-corrected chi connectivity index (χ0v) is 13.8. The number of hydrogen-bond acceptors (Lipinski definition) is 3. The molecule has 110 valence electrons. The first-order chi connectivity index (χ1) is 9.18. The van der Waals surface area contributed by atoms with Crippen molar-refractivity contribution in [2.45, 2.75) is 39.2 Å². The molecule has 1 N–H and O–H groups in total. The monoisotopic (exact) mass is 362 g/mol. The van der Waals surface area contributed by atoms with Crippen LogP contribution in [-0.2, 0) is 4.74 Å². The van der Waals surface area contributed by atoms with E-state index in [0.717, 1.165) is 6.42 Å². The van der Waals surface area contributed by atoms with E-state index in [2.05, 4.69) is 15.9 Å². The summed E-state index contributed by atoms with van der Waals surface area (Å²) in [5, 5.41) is 9.38. The van der Waals surface area contributed by atoms with E-state index < -0.39 is 17.5 Å². The molecular weight excluding hydrogens is 348 g/mol. The summed E-state index contributed by atoms with van der Waals surface area (Å²) < 4.78 is 5.83. The van der Waals surface area contributed by atoms with Gasteiger partial charge in [0, 0.05) is 4.47 Å². The van der Waals surface area contributed by atoms with Crippen molar-refractivity contribution in [3.63, 3.8) is 0 Å². The van der Waals surface area contributed by atoms with E-state index in [-0.39, 0.29) is 16.1 Å². The summed E-state index contributed by atoms with van der Waals surface area (Å²) in [5.41, 5.74) is -0.832. The lowest BCUT2D eigenvalue weighted by Crippen LogP contribution is -2.28. The average Bonchev–Trinajstić information content (AvgIpc) is 2.30. The van der Waals surface area contributed by atoms with Gasteiger partial charge in [-0.3, -0.25) is 0 Å². The molecule has 4 nitrogen and oxygen atoms in total. The van der Waals surface area contributed by atoms with E-state index >= 15 is 0 Å². The highest BCUT2D eigenvalue weighted by atomic mass is 79.9. The SMILES string of the molecule is CCCC(C)(C)OC(=O)c1cc(Br)c(Cl)cc1C(=O)O. The predicted molar refractivity (Wildman–Crippen MR) is 80.5 cm³/mol. The first-order valence-electron chi connectivity index (χ1n) is 6.13. The molecule has 1 aromatic rings. The molecule has 0 atom stereocenters. The van der Waals surface area contributed by atoms with E-state index in [1.165, 1.54) is 12.1 Å². The second kappa shape index (κ2) is 6.59. The average molecular weight is 364 g/mol. The highest BCUT2D eigenvalue weighted by molar-refractivity contribution is 9.10. The molecule has 0 aromatic heterocycles. The van der Waals surface area contributed by atoms with Crippen LogP contribution in [-0.4, -0.2) is 22.6 Å². The smallest absolute Gasteiger partial charge is 0.339 e. The van der Waals surface area contributed by atoms with Crippen molar-refractivity contribution >= 4 is 39.5 Å². The molecule has 0 amide bonds. The van der Waals surface area contributed by atoms with Crippen LogP contribution in [0.15, 0.2) is 16.6 Å². The van der Waals surface area contributed by atoms with Gasteiger partial charge in [0.05, 0.1) is 16.1 Å². The Labute approximate surface area is 131 Å². The third-order valence-electron chi connectivity index (χ3n) is 2.73. The van der Waals surface area contributed by atoms with E-state index in [1.807, 2.05) is 6.92 Å². The zero-order chi connectivity index (χ0) is 15.5. The van der Waals surface area contributed by atoms with Crippen molar-refractivity contribution in [2.75, 3.05) is 0 Å². The molecule has 0 fully saturated rings. The van der Waals surface area contributed by atoms with Gasteiger partial charge in [0.25, 0.3) is 0 Å². The third kappa shape index (κ3) is 4.21. The van der Waals surface area contributed by atoms with Gasteiger partial charge in [0.1, 0.15) is 5.60 Å². The number of rotatable bonds is 5. The van der Waals surface area contributed by atoms with Gasteiger partial charge in [0.2, 0.25) is 0 Å². The Morgan fingerprint density at radius 3 is 2.45 bits per heavy atom. The minimum Gasteiger partial charge on any atom is -0.478 e. The number of esters is 1. The number of ether oxygens (including phenoxy) is 1. The van der Waals surface area contributed by atoms with E-state index in [1.54, 1.807) is 13.8 Å². The molecular formula is C14H16BrClO4. The summed E-state index contributed by atoms with van der Waals surface area (Å²) in [7, 11) is 0. The second-order valence-electron chi connectivity index (χ2n) is 5.02. The molecule has 0 saturated carbocycles. The highest BCUT2D eigenvalue weighted by Gasteiger charge is 2.26. The minimum absolute atomic E-state index is 0.0158. The van der Waals surface area contributed by atoms with Crippen LogP contribution in [0.25, 0.3) is 0 Å². The number of carboxylic acid groups (broad SMARTS) is 1. The molecule has 0 heterocycles. The molecule has 0 unspecified atom stereocenters. The Morgan fingerprint density at radius 1 is 1.35 bits per heavy atom. The van der Waals surface area contributed by atoms with Crippen molar-refractivity contribution in [3.05, 3.63) is 32.8 Å². The maximum absolute atomic E-state index is 12.2. The number of carbonyl (C=O) groups is 2. The fourth-order valence-electron chi connectivity index (χ4n) is 1.85. The van der Waals surface area contributed by atoms with Crippen molar-refractivity contribution in [1.29, 1.82) is 0 Å². The van der Waals surface area contributed by atoms with Gasteiger partial charge in [-0.2, -0.15) is 0 Å². The van der Waals surface area contributed by atoms with Crippen molar-refractivity contribution in [1.82, 2.24) is 0 Å². The minimum atomic E-state index is -1.22. The van der Waals surface area contributed by atoms with Gasteiger partial charge >= 0.3 is 11.9 Å². The number of benzene rings is 1. The van der Waals surface area contributed by atoms with Crippen LogP contribution >= 0.6 is 27.5 Å². The molecule has 0 spiro atoms. The normalized spacial score (nSPS) is 11.2. The lowest BCUT2D eigenvalue weighted by atomic mass is 10.0. The molecule has 1 rings (SSSR count). The fraction of sp³-hybridized carbons (Fsp3) is 0.429. The van der Waals surface area contributed by atoms with Gasteiger partial charge in [0.15, 0.2) is 0 Å². The maximum Gasteiger partial charge on any atom is 0.339 e. The van der Waals surface area contributed by atoms with Crippen LogP contribution < -0.4 is 0 Å². The molecule has 0 bridgehead atoms. The van der Waals surface area contributed by atoms with Crippen LogP contribution in [0.3, 0.4) is 0 Å². The topological polar surface area (TPSA) is 63.6 Å². The van der Waals surface area contributed by atoms with Crippen molar-refractivity contribution < 1.29 is 19.4 Å². The molecule has 0 aliphatic carbocycles. The number of halogens is 2. The number of carboxylic acids is 1. The largest absolute Gasteiger partial charge is 0.478 e. The van der Waals surface area contributed by atoms with Crippen LogP contribution in [0, 0.1) is 0 Å². The summed E-state index contributed by atoms with van der Waals surface area (Å²) in [6.45, 7) is 5.57. The molecule has 0 radical (unpaired) electrons. The van der Waals surface area contributed by atoms with E-state index in [9.17, 15) is 9.59 Å². The van der Waals surface area contributed by atoms with Crippen LogP contribution in [0.5, 0.6) is 0 Å². The quantitative estimate of drug-likeness (QED) is 0.780. The van der Waals surface area contributed by atoms with Crippen LogP contribution in [0.4, 0.5) is 0 Å². The van der Waals surface area contributed by atoms with Gasteiger partial charge in [-0.05, 0) is 48.3 Å². The third-order valence-corrected chi connectivity index (χ3v) is 3.93. The Kier molecular flexibility index (Phi) is 5.59. The number of hydrogen-bond donors (Lipinski definition) is 1. The maximum atomic E-state index is 12.2. The van der Waals surface area contributed by atoms with Crippen LogP contribution in [0.2, 0.25) is 5.02 Å². The first kappa shape index (κ1) is 17.0. The lowest BCUT2D eigenvalue weighted by Gasteiger charge is -2.25. The van der Waals surface area contributed by atoms with Gasteiger partial charge in [-0.25, -0.2) is 9.59 Å². The predicted octanol–water partition coefficient (Wildman–Crippen LogP) is 4.54. The van der Waals surface area contributed by atoms with Gasteiger partial charge in [-0.15, -0.1) is 0 Å². The summed E-state index contributed by atoms with van der Waals surface area (Å²) in [5.74, 6) is -1.89. The number of aromatic carboxylic acids is 1. The Bertz CT molecular complexity index is 540. The highest BCUT2D eigenvalue weighted by Crippen LogP contribution is 2.28. The molecule has 6 heteroatoms. The molecule has 20 heavy (non-hydrogen) atoms. The Hall–Kier alpha value is -1.07. The summed E-state index contributed by atoms with van der Waals surface area (Å²) in [6, 6.07) is 2.60. The lowest BCUT2D eigenvalue weighted by molar-refractivity contribution is -0.00502. The summed E-state index contributed by atoms with van der Waals surface area (Å²) in [4.78, 5) is 23.4. The van der Waals surface area contributed by atoms with Gasteiger partial charge < -0.3 is 9.84 Å². The zero-order valence-electron chi connectivity index (χ0n) is 11.5. The van der Waals surface area contributed by atoms with Gasteiger partial charge in [-0.1, -0.05) is 24.9 Å². The van der Waals surface area contributed by atoms with Crippen molar-refractivity contribution in [3.8, 4) is 0 Å². The van der Waals surface area contributed by atoms with Crippen molar-refractivity contribution in [2.24, 2.45) is 0 Å². The summed E-state index contributed by atoms with van der Waals surface area (Å²) in [6.07, 6.45) is 1.55. The first-order valence-corrected chi connectivity index (χ1v) is 7.30. The second-order valence-corrected chi connectivity index (χ2v) is 6.28.